The standard InChI is InChI=1S/C17H24N2O3/c1-2-7-16(21)19-11-6-10-15(19)17(22)18-14(12-20)13-8-4-3-5-9-13/h3-5,8-9,14-15,20H,2,6-7,10-12H2,1H3,(H,18,22)/t14-,15?/m1/s1. The number of carbonyl (C=O) groups excluding carboxylic acids is 2. The number of amides is 2. The Kier molecular flexibility index (Phi) is 5.95. The Balaban J connectivity index is 2.02. The van der Waals surface area contributed by atoms with Crippen LogP contribution in [0.3, 0.4) is 0 Å². The Morgan fingerprint density at radius 3 is 2.73 bits per heavy atom. The van der Waals surface area contributed by atoms with E-state index in [0.29, 0.717) is 19.4 Å². The van der Waals surface area contributed by atoms with Gasteiger partial charge in [0.1, 0.15) is 6.04 Å². The third-order valence-corrected chi connectivity index (χ3v) is 4.04. The molecule has 120 valence electrons. The summed E-state index contributed by atoms with van der Waals surface area (Å²) in [5.74, 6) is -0.134. The molecule has 5 nitrogen and oxygen atoms in total. The van der Waals surface area contributed by atoms with E-state index in [1.807, 2.05) is 37.3 Å². The lowest BCUT2D eigenvalue weighted by Crippen LogP contribution is -2.47. The average Bonchev–Trinajstić information content (AvgIpc) is 3.03. The van der Waals surface area contributed by atoms with E-state index < -0.39 is 12.1 Å². The van der Waals surface area contributed by atoms with Gasteiger partial charge in [0.25, 0.3) is 0 Å². The van der Waals surface area contributed by atoms with Crippen LogP contribution in [0.1, 0.15) is 44.2 Å². The predicted octanol–water partition coefficient (Wildman–Crippen LogP) is 1.63. The zero-order valence-corrected chi connectivity index (χ0v) is 13.0. The first-order chi connectivity index (χ1) is 10.7. The second-order valence-corrected chi connectivity index (χ2v) is 5.65. The van der Waals surface area contributed by atoms with Gasteiger partial charge in [-0.2, -0.15) is 0 Å². The Morgan fingerprint density at radius 1 is 1.36 bits per heavy atom. The average molecular weight is 304 g/mol. The largest absolute Gasteiger partial charge is 0.394 e. The van der Waals surface area contributed by atoms with E-state index in [1.54, 1.807) is 4.90 Å². The molecule has 2 N–H and O–H groups in total. The maximum absolute atomic E-state index is 12.5. The highest BCUT2D eigenvalue weighted by Crippen LogP contribution is 2.20. The Hall–Kier alpha value is -1.88. The van der Waals surface area contributed by atoms with E-state index in [1.165, 1.54) is 0 Å². The molecule has 1 heterocycles. The molecule has 1 aliphatic heterocycles. The van der Waals surface area contributed by atoms with Crippen molar-refractivity contribution in [1.82, 2.24) is 10.2 Å². The maximum Gasteiger partial charge on any atom is 0.243 e. The molecule has 2 rings (SSSR count). The molecule has 5 heteroatoms. The summed E-state index contributed by atoms with van der Waals surface area (Å²) in [5.41, 5.74) is 0.864. The van der Waals surface area contributed by atoms with Crippen molar-refractivity contribution in [3.8, 4) is 0 Å². The highest BCUT2D eigenvalue weighted by molar-refractivity contribution is 5.88. The summed E-state index contributed by atoms with van der Waals surface area (Å²) in [5, 5.41) is 12.4. The van der Waals surface area contributed by atoms with Crippen LogP contribution in [-0.4, -0.2) is 41.0 Å². The molecule has 1 aromatic rings. The van der Waals surface area contributed by atoms with Gasteiger partial charge < -0.3 is 15.3 Å². The van der Waals surface area contributed by atoms with Crippen LogP contribution < -0.4 is 5.32 Å². The second-order valence-electron chi connectivity index (χ2n) is 5.65. The molecule has 0 aromatic heterocycles. The number of hydrogen-bond donors (Lipinski definition) is 2. The number of hydrogen-bond acceptors (Lipinski definition) is 3. The van der Waals surface area contributed by atoms with Gasteiger partial charge in [0.2, 0.25) is 11.8 Å². The highest BCUT2D eigenvalue weighted by atomic mass is 16.3. The molecule has 1 fully saturated rings. The lowest BCUT2D eigenvalue weighted by Gasteiger charge is -2.26. The number of carbonyl (C=O) groups is 2. The van der Waals surface area contributed by atoms with Crippen LogP contribution in [-0.2, 0) is 9.59 Å². The summed E-state index contributed by atoms with van der Waals surface area (Å²) in [6, 6.07) is 8.54. The van der Waals surface area contributed by atoms with Crippen molar-refractivity contribution in [2.75, 3.05) is 13.2 Å². The number of benzene rings is 1. The Labute approximate surface area is 131 Å². The first-order valence-electron chi connectivity index (χ1n) is 7.93. The lowest BCUT2D eigenvalue weighted by atomic mass is 10.1. The number of aliphatic hydroxyl groups excluding tert-OH is 1. The monoisotopic (exact) mass is 304 g/mol. The number of nitrogens with one attached hydrogen (secondary N) is 1. The predicted molar refractivity (Wildman–Crippen MR) is 84.1 cm³/mol. The molecule has 0 spiro atoms. The third-order valence-electron chi connectivity index (χ3n) is 4.04. The fourth-order valence-electron chi connectivity index (χ4n) is 2.88. The topological polar surface area (TPSA) is 69.6 Å². The zero-order chi connectivity index (χ0) is 15.9. The molecule has 0 aliphatic carbocycles. The van der Waals surface area contributed by atoms with Gasteiger partial charge >= 0.3 is 0 Å². The lowest BCUT2D eigenvalue weighted by molar-refractivity contribution is -0.138. The van der Waals surface area contributed by atoms with Gasteiger partial charge in [-0.25, -0.2) is 0 Å². The fraction of sp³-hybridized carbons (Fsp3) is 0.529. The van der Waals surface area contributed by atoms with Gasteiger partial charge in [-0.1, -0.05) is 37.3 Å². The van der Waals surface area contributed by atoms with Crippen LogP contribution >= 0.6 is 0 Å². The van der Waals surface area contributed by atoms with Crippen molar-refractivity contribution < 1.29 is 14.7 Å². The summed E-state index contributed by atoms with van der Waals surface area (Å²) in [6.45, 7) is 2.44. The van der Waals surface area contributed by atoms with Crippen molar-refractivity contribution in [2.45, 2.75) is 44.7 Å². The minimum absolute atomic E-state index is 0.0420. The van der Waals surface area contributed by atoms with Crippen molar-refractivity contribution in [2.24, 2.45) is 0 Å². The molecule has 1 aliphatic rings. The molecule has 1 unspecified atom stereocenters. The first kappa shape index (κ1) is 16.5. The number of nitrogens with zero attached hydrogens (tertiary/aromatic N) is 1. The molecular formula is C17H24N2O3. The zero-order valence-electron chi connectivity index (χ0n) is 13.0. The molecule has 0 bridgehead atoms. The van der Waals surface area contributed by atoms with Crippen molar-refractivity contribution >= 4 is 11.8 Å². The SMILES string of the molecule is CCCC(=O)N1CCCC1C(=O)N[C@H](CO)c1ccccc1. The van der Waals surface area contributed by atoms with Crippen LogP contribution in [0.15, 0.2) is 30.3 Å². The van der Waals surface area contributed by atoms with Gasteiger partial charge in [-0.05, 0) is 24.8 Å². The molecule has 2 amide bonds. The summed E-state index contributed by atoms with van der Waals surface area (Å²) in [6.07, 6.45) is 2.80. The maximum atomic E-state index is 12.5. The molecule has 2 atom stereocenters. The highest BCUT2D eigenvalue weighted by Gasteiger charge is 2.34. The van der Waals surface area contributed by atoms with Gasteiger partial charge in [-0.15, -0.1) is 0 Å². The fourth-order valence-corrected chi connectivity index (χ4v) is 2.88. The van der Waals surface area contributed by atoms with Crippen molar-refractivity contribution in [1.29, 1.82) is 0 Å². The van der Waals surface area contributed by atoms with Crippen LogP contribution in [0.25, 0.3) is 0 Å². The van der Waals surface area contributed by atoms with E-state index in [-0.39, 0.29) is 18.4 Å². The summed E-state index contributed by atoms with van der Waals surface area (Å²) >= 11 is 0. The van der Waals surface area contributed by atoms with Crippen molar-refractivity contribution in [3.05, 3.63) is 35.9 Å². The minimum Gasteiger partial charge on any atom is -0.394 e. The van der Waals surface area contributed by atoms with E-state index in [2.05, 4.69) is 5.32 Å². The van der Waals surface area contributed by atoms with Crippen LogP contribution in [0.5, 0.6) is 0 Å². The number of likely N-dealkylation sites (tertiary alicyclic amines) is 1. The van der Waals surface area contributed by atoms with E-state index >= 15 is 0 Å². The van der Waals surface area contributed by atoms with Crippen LogP contribution in [0.2, 0.25) is 0 Å². The van der Waals surface area contributed by atoms with Crippen LogP contribution in [0.4, 0.5) is 0 Å². The van der Waals surface area contributed by atoms with Gasteiger partial charge in [-0.3, -0.25) is 9.59 Å². The third kappa shape index (κ3) is 3.85. The first-order valence-corrected chi connectivity index (χ1v) is 7.93. The minimum atomic E-state index is -0.433. The molecular weight excluding hydrogens is 280 g/mol. The molecule has 0 saturated carbocycles. The normalized spacial score (nSPS) is 19.0. The molecule has 1 aromatic carbocycles. The number of rotatable bonds is 6. The second kappa shape index (κ2) is 7.94. The van der Waals surface area contributed by atoms with Gasteiger partial charge in [0.15, 0.2) is 0 Å². The molecule has 22 heavy (non-hydrogen) atoms. The van der Waals surface area contributed by atoms with Gasteiger partial charge in [0.05, 0.1) is 12.6 Å². The summed E-state index contributed by atoms with van der Waals surface area (Å²) < 4.78 is 0. The van der Waals surface area contributed by atoms with Crippen molar-refractivity contribution in [3.63, 3.8) is 0 Å². The summed E-state index contributed by atoms with van der Waals surface area (Å²) in [4.78, 5) is 26.3. The summed E-state index contributed by atoms with van der Waals surface area (Å²) in [7, 11) is 0. The van der Waals surface area contributed by atoms with Crippen LogP contribution in [0, 0.1) is 0 Å². The van der Waals surface area contributed by atoms with E-state index in [9.17, 15) is 14.7 Å². The van der Waals surface area contributed by atoms with Gasteiger partial charge in [0, 0.05) is 13.0 Å². The quantitative estimate of drug-likeness (QED) is 0.839. The Bertz CT molecular complexity index is 504. The molecule has 0 radical (unpaired) electrons. The Morgan fingerprint density at radius 2 is 2.09 bits per heavy atom. The smallest absolute Gasteiger partial charge is 0.243 e. The van der Waals surface area contributed by atoms with E-state index in [0.717, 1.165) is 18.4 Å². The number of aliphatic hydroxyl groups is 1. The van der Waals surface area contributed by atoms with E-state index in [4.69, 9.17) is 0 Å². The molecule has 1 saturated heterocycles.